The highest BCUT2D eigenvalue weighted by atomic mass is 16.6. The number of benzene rings is 1. The minimum absolute atomic E-state index is 0.218. The molecular formula is C17H21NO5. The van der Waals surface area contributed by atoms with Crippen molar-refractivity contribution in [3.63, 3.8) is 0 Å². The second kappa shape index (κ2) is 5.60. The molecule has 6 nitrogen and oxygen atoms in total. The molecule has 1 aromatic carbocycles. The van der Waals surface area contributed by atoms with Crippen molar-refractivity contribution in [1.82, 2.24) is 0 Å². The van der Waals surface area contributed by atoms with Crippen molar-refractivity contribution in [2.24, 2.45) is 5.92 Å². The maximum absolute atomic E-state index is 12.3. The minimum Gasteiger partial charge on any atom is -0.486 e. The molecule has 6 heteroatoms. The van der Waals surface area contributed by atoms with Gasteiger partial charge in [0.05, 0.1) is 12.2 Å². The van der Waals surface area contributed by atoms with Gasteiger partial charge in [0.15, 0.2) is 11.5 Å². The number of rotatable bonds is 2. The van der Waals surface area contributed by atoms with Crippen molar-refractivity contribution < 1.29 is 24.1 Å². The Labute approximate surface area is 134 Å². The van der Waals surface area contributed by atoms with Crippen molar-refractivity contribution in [1.29, 1.82) is 0 Å². The van der Waals surface area contributed by atoms with Crippen LogP contribution in [0.1, 0.15) is 25.7 Å². The summed E-state index contributed by atoms with van der Waals surface area (Å²) >= 11 is 0. The van der Waals surface area contributed by atoms with E-state index in [9.17, 15) is 9.90 Å². The molecule has 1 saturated heterocycles. The molecule has 2 aliphatic heterocycles. The summed E-state index contributed by atoms with van der Waals surface area (Å²) in [5.41, 5.74) is 0.371. The maximum atomic E-state index is 12.3. The Morgan fingerprint density at radius 1 is 1.17 bits per heavy atom. The molecule has 1 amide bonds. The highest BCUT2D eigenvalue weighted by molar-refractivity contribution is 5.90. The molecule has 0 unspecified atom stereocenters. The van der Waals surface area contributed by atoms with Crippen LogP contribution in [0.5, 0.6) is 11.5 Å². The Morgan fingerprint density at radius 3 is 2.65 bits per heavy atom. The average Bonchev–Trinajstić information content (AvgIpc) is 2.91. The van der Waals surface area contributed by atoms with Crippen LogP contribution in [-0.4, -0.2) is 43.2 Å². The van der Waals surface area contributed by atoms with Crippen LogP contribution in [0.15, 0.2) is 18.2 Å². The number of carbonyl (C=O) groups excluding carboxylic acids is 1. The number of carbonyl (C=O) groups is 1. The smallest absolute Gasteiger partial charge is 0.415 e. The van der Waals surface area contributed by atoms with Gasteiger partial charge in [-0.05, 0) is 43.7 Å². The number of aliphatic hydroxyl groups excluding tert-OH is 1. The summed E-state index contributed by atoms with van der Waals surface area (Å²) in [6.07, 6.45) is 3.12. The predicted molar refractivity (Wildman–Crippen MR) is 83.0 cm³/mol. The van der Waals surface area contributed by atoms with Crippen LogP contribution in [0.3, 0.4) is 0 Å². The van der Waals surface area contributed by atoms with Crippen LogP contribution >= 0.6 is 0 Å². The van der Waals surface area contributed by atoms with Gasteiger partial charge in [0, 0.05) is 12.7 Å². The fourth-order valence-electron chi connectivity index (χ4n) is 3.67. The topological polar surface area (TPSA) is 68.2 Å². The van der Waals surface area contributed by atoms with Gasteiger partial charge in [-0.1, -0.05) is 0 Å². The third-order valence-electron chi connectivity index (χ3n) is 5.08. The SMILES string of the molecule is O=C1OC2(CCC(CO)CC2)CN1c1ccc2c(c1)OCCO2. The molecule has 3 aliphatic rings. The summed E-state index contributed by atoms with van der Waals surface area (Å²) in [6.45, 7) is 1.85. The van der Waals surface area contributed by atoms with E-state index < -0.39 is 5.60 Å². The van der Waals surface area contributed by atoms with E-state index in [-0.39, 0.29) is 12.7 Å². The molecule has 1 N–H and O–H groups in total. The molecule has 4 rings (SSSR count). The Balaban J connectivity index is 1.53. The second-order valence-electron chi connectivity index (χ2n) is 6.59. The lowest BCUT2D eigenvalue weighted by Gasteiger charge is -2.34. The summed E-state index contributed by atoms with van der Waals surface area (Å²) in [6, 6.07) is 5.55. The maximum Gasteiger partial charge on any atom is 0.415 e. The van der Waals surface area contributed by atoms with Gasteiger partial charge in [0.1, 0.15) is 18.8 Å². The molecule has 2 heterocycles. The highest BCUT2D eigenvalue weighted by Gasteiger charge is 2.47. The lowest BCUT2D eigenvalue weighted by molar-refractivity contribution is 0.00557. The van der Waals surface area contributed by atoms with Crippen LogP contribution in [0, 0.1) is 5.92 Å². The average molecular weight is 319 g/mol. The lowest BCUT2D eigenvalue weighted by Crippen LogP contribution is -2.39. The molecule has 1 aromatic rings. The van der Waals surface area contributed by atoms with E-state index in [4.69, 9.17) is 14.2 Å². The van der Waals surface area contributed by atoms with Gasteiger partial charge in [-0.2, -0.15) is 0 Å². The summed E-state index contributed by atoms with van der Waals surface area (Å²) in [5, 5.41) is 9.27. The zero-order valence-electron chi connectivity index (χ0n) is 13.0. The van der Waals surface area contributed by atoms with E-state index in [2.05, 4.69) is 0 Å². The van der Waals surface area contributed by atoms with E-state index in [0.717, 1.165) is 31.4 Å². The second-order valence-corrected chi connectivity index (χ2v) is 6.59. The number of nitrogens with zero attached hydrogens (tertiary/aromatic N) is 1. The van der Waals surface area contributed by atoms with Gasteiger partial charge in [0.25, 0.3) is 0 Å². The predicted octanol–water partition coefficient (Wildman–Crippen LogP) is 2.34. The standard InChI is InChI=1S/C17H21NO5/c19-10-12-3-5-17(6-4-12)11-18(16(20)23-17)13-1-2-14-15(9-13)22-8-7-21-14/h1-2,9,12,19H,3-8,10-11H2. The first kappa shape index (κ1) is 14.6. The molecule has 0 aromatic heterocycles. The molecule has 2 fully saturated rings. The zero-order chi connectivity index (χ0) is 15.9. The Morgan fingerprint density at radius 2 is 1.91 bits per heavy atom. The Hall–Kier alpha value is -1.95. The molecule has 124 valence electrons. The molecule has 0 bridgehead atoms. The van der Waals surface area contributed by atoms with Crippen LogP contribution < -0.4 is 14.4 Å². The van der Waals surface area contributed by atoms with Crippen molar-refractivity contribution in [3.05, 3.63) is 18.2 Å². The largest absolute Gasteiger partial charge is 0.486 e. The van der Waals surface area contributed by atoms with Gasteiger partial charge in [-0.3, -0.25) is 4.90 Å². The summed E-state index contributed by atoms with van der Waals surface area (Å²) in [4.78, 5) is 14.0. The first-order valence-corrected chi connectivity index (χ1v) is 8.20. The van der Waals surface area contributed by atoms with Crippen LogP contribution in [-0.2, 0) is 4.74 Å². The summed E-state index contributed by atoms with van der Waals surface area (Å²) in [5.74, 6) is 1.72. The van der Waals surface area contributed by atoms with E-state index in [1.165, 1.54) is 0 Å². The molecular weight excluding hydrogens is 298 g/mol. The molecule has 0 atom stereocenters. The lowest BCUT2D eigenvalue weighted by atomic mass is 9.79. The highest BCUT2D eigenvalue weighted by Crippen LogP contribution is 2.42. The van der Waals surface area contributed by atoms with Gasteiger partial charge in [-0.15, -0.1) is 0 Å². The fourth-order valence-corrected chi connectivity index (χ4v) is 3.67. The Kier molecular flexibility index (Phi) is 3.56. The number of ether oxygens (including phenoxy) is 3. The number of anilines is 1. The van der Waals surface area contributed by atoms with Crippen molar-refractivity contribution in [2.75, 3.05) is 31.3 Å². The fraction of sp³-hybridized carbons (Fsp3) is 0.588. The number of hydrogen-bond donors (Lipinski definition) is 1. The zero-order valence-corrected chi connectivity index (χ0v) is 13.0. The Bertz CT molecular complexity index is 609. The van der Waals surface area contributed by atoms with Gasteiger partial charge < -0.3 is 19.3 Å². The van der Waals surface area contributed by atoms with Gasteiger partial charge in [-0.25, -0.2) is 4.79 Å². The van der Waals surface area contributed by atoms with Crippen LogP contribution in [0.25, 0.3) is 0 Å². The van der Waals surface area contributed by atoms with E-state index in [1.807, 2.05) is 18.2 Å². The first-order chi connectivity index (χ1) is 11.2. The van der Waals surface area contributed by atoms with Crippen molar-refractivity contribution in [2.45, 2.75) is 31.3 Å². The number of hydrogen-bond acceptors (Lipinski definition) is 5. The number of aliphatic hydroxyl groups is 1. The van der Waals surface area contributed by atoms with Crippen molar-refractivity contribution >= 4 is 11.8 Å². The minimum atomic E-state index is -0.407. The third-order valence-corrected chi connectivity index (χ3v) is 5.08. The van der Waals surface area contributed by atoms with Gasteiger partial charge in [0.2, 0.25) is 0 Å². The summed E-state index contributed by atoms with van der Waals surface area (Å²) < 4.78 is 16.8. The third kappa shape index (κ3) is 2.61. The quantitative estimate of drug-likeness (QED) is 0.906. The molecule has 0 radical (unpaired) electrons. The van der Waals surface area contributed by atoms with Crippen molar-refractivity contribution in [3.8, 4) is 11.5 Å². The van der Waals surface area contributed by atoms with Crippen LogP contribution in [0.4, 0.5) is 10.5 Å². The molecule has 1 spiro atoms. The molecule has 1 saturated carbocycles. The first-order valence-electron chi connectivity index (χ1n) is 8.20. The summed E-state index contributed by atoms with van der Waals surface area (Å²) in [7, 11) is 0. The van der Waals surface area contributed by atoms with Gasteiger partial charge >= 0.3 is 6.09 Å². The van der Waals surface area contributed by atoms with Crippen LogP contribution in [0.2, 0.25) is 0 Å². The monoisotopic (exact) mass is 319 g/mol. The van der Waals surface area contributed by atoms with E-state index in [0.29, 0.717) is 37.2 Å². The molecule has 1 aliphatic carbocycles. The number of fused-ring (bicyclic) bond motifs is 1. The number of amides is 1. The van der Waals surface area contributed by atoms with E-state index >= 15 is 0 Å². The molecule has 23 heavy (non-hydrogen) atoms. The van der Waals surface area contributed by atoms with E-state index in [1.54, 1.807) is 4.90 Å². The normalized spacial score (nSPS) is 29.7.